The molecule has 242 valence electrons. The number of furan rings is 1. The molecule has 0 aliphatic heterocycles. The lowest BCUT2D eigenvalue weighted by Crippen LogP contribution is -1.98. The van der Waals surface area contributed by atoms with E-state index >= 15 is 0 Å². The smallest absolute Gasteiger partial charge is 0.160 e. The molecule has 0 radical (unpaired) electrons. The molecule has 0 unspecified atom stereocenters. The number of hydrogen-bond donors (Lipinski definition) is 0. The van der Waals surface area contributed by atoms with E-state index in [-0.39, 0.29) is 0 Å². The summed E-state index contributed by atoms with van der Waals surface area (Å²) in [6, 6.07) is 61.9. The third-order valence-corrected chi connectivity index (χ3v) is 10.4. The van der Waals surface area contributed by atoms with E-state index in [1.54, 1.807) is 0 Å². The van der Waals surface area contributed by atoms with E-state index in [1.165, 1.54) is 32.3 Å². The average Bonchev–Trinajstić information content (AvgIpc) is 3.76. The molecule has 0 amide bonds. The third kappa shape index (κ3) is 4.41. The molecule has 11 rings (SSSR count). The minimum absolute atomic E-state index is 0.681. The summed E-state index contributed by atoms with van der Waals surface area (Å²) in [6.45, 7) is 0. The minimum atomic E-state index is 0.681. The van der Waals surface area contributed by atoms with Gasteiger partial charge in [-0.15, -0.1) is 0 Å². The fourth-order valence-corrected chi connectivity index (χ4v) is 7.92. The zero-order valence-corrected chi connectivity index (χ0v) is 28.0. The Morgan fingerprint density at radius 2 is 1.10 bits per heavy atom. The quantitative estimate of drug-likeness (QED) is 0.188. The van der Waals surface area contributed by atoms with Crippen LogP contribution in [0, 0.1) is 0 Å². The number of aromatic nitrogens is 3. The lowest BCUT2D eigenvalue weighted by Gasteiger charge is -2.13. The van der Waals surface area contributed by atoms with Gasteiger partial charge in [0.2, 0.25) is 0 Å². The average molecular weight is 664 g/mol. The Bertz CT molecular complexity index is 3190. The Morgan fingerprint density at radius 3 is 1.94 bits per heavy atom. The fourth-order valence-electron chi connectivity index (χ4n) is 7.92. The molecule has 0 atom stereocenters. The predicted molar refractivity (Wildman–Crippen MR) is 215 cm³/mol. The number of rotatable bonds is 4. The van der Waals surface area contributed by atoms with Crippen molar-refractivity contribution in [3.05, 3.63) is 176 Å². The van der Waals surface area contributed by atoms with Crippen molar-refractivity contribution in [3.63, 3.8) is 0 Å². The number of benzene rings is 8. The van der Waals surface area contributed by atoms with Gasteiger partial charge in [0.25, 0.3) is 0 Å². The van der Waals surface area contributed by atoms with E-state index in [1.807, 2.05) is 24.3 Å². The predicted octanol–water partition coefficient (Wildman–Crippen LogP) is 12.8. The molecule has 0 saturated carbocycles. The van der Waals surface area contributed by atoms with Crippen LogP contribution in [0.2, 0.25) is 0 Å². The van der Waals surface area contributed by atoms with E-state index in [0.717, 1.165) is 66.7 Å². The molecule has 52 heavy (non-hydrogen) atoms. The molecule has 4 heteroatoms. The second kappa shape index (κ2) is 11.2. The van der Waals surface area contributed by atoms with Crippen LogP contribution < -0.4 is 0 Å². The molecular formula is C48H29N3O. The lowest BCUT2D eigenvalue weighted by molar-refractivity contribution is 0.666. The van der Waals surface area contributed by atoms with Crippen molar-refractivity contribution in [3.8, 4) is 39.6 Å². The highest BCUT2D eigenvalue weighted by Gasteiger charge is 2.22. The van der Waals surface area contributed by atoms with Crippen LogP contribution in [0.25, 0.3) is 105 Å². The Kier molecular flexibility index (Phi) is 6.22. The van der Waals surface area contributed by atoms with Crippen LogP contribution in [0.4, 0.5) is 0 Å². The maximum Gasteiger partial charge on any atom is 0.160 e. The highest BCUT2D eigenvalue weighted by atomic mass is 16.3. The van der Waals surface area contributed by atoms with Crippen molar-refractivity contribution in [2.24, 2.45) is 0 Å². The van der Waals surface area contributed by atoms with Crippen molar-refractivity contribution in [2.75, 3.05) is 0 Å². The molecule has 0 aliphatic carbocycles. The molecule has 4 nitrogen and oxygen atoms in total. The first kappa shape index (κ1) is 28.8. The van der Waals surface area contributed by atoms with E-state index in [2.05, 4.69) is 156 Å². The Balaban J connectivity index is 1.21. The Labute approximate surface area is 298 Å². The number of fused-ring (bicyclic) bond motifs is 8. The topological polar surface area (TPSA) is 43.9 Å². The third-order valence-electron chi connectivity index (χ3n) is 10.4. The van der Waals surface area contributed by atoms with Gasteiger partial charge in [-0.1, -0.05) is 127 Å². The summed E-state index contributed by atoms with van der Waals surface area (Å²) in [5.74, 6) is 0.681. The summed E-state index contributed by atoms with van der Waals surface area (Å²) in [6.07, 6.45) is 0. The van der Waals surface area contributed by atoms with Gasteiger partial charge in [0.15, 0.2) is 11.4 Å². The molecule has 0 N–H and O–H groups in total. The van der Waals surface area contributed by atoms with Crippen LogP contribution in [0.3, 0.4) is 0 Å². The molecule has 3 heterocycles. The second-order valence-corrected chi connectivity index (χ2v) is 13.4. The molecule has 0 spiro atoms. The highest BCUT2D eigenvalue weighted by molar-refractivity contribution is 6.18. The van der Waals surface area contributed by atoms with Crippen LogP contribution in [-0.2, 0) is 0 Å². The highest BCUT2D eigenvalue weighted by Crippen LogP contribution is 2.43. The Morgan fingerprint density at radius 1 is 0.423 bits per heavy atom. The summed E-state index contributed by atoms with van der Waals surface area (Å²) in [5.41, 5.74) is 9.64. The van der Waals surface area contributed by atoms with Crippen LogP contribution in [-0.4, -0.2) is 14.5 Å². The minimum Gasteiger partial charge on any atom is -0.454 e. The number of para-hydroxylation sites is 2. The summed E-state index contributed by atoms with van der Waals surface area (Å²) in [7, 11) is 0. The molecule has 8 aromatic carbocycles. The normalized spacial score (nSPS) is 11.8. The van der Waals surface area contributed by atoms with Crippen molar-refractivity contribution >= 4 is 65.3 Å². The molecule has 3 aromatic heterocycles. The maximum atomic E-state index is 6.87. The molecule has 0 saturated heterocycles. The zero-order chi connectivity index (χ0) is 34.2. The standard InChI is InChI=1S/C48H29N3O/c1-2-13-31(14-3-1)48-49-40(35-23-22-30-12-4-5-15-32(30)26-35)29-41(50-48)37-24-25-43(47-46(37)38-19-9-11-21-45(38)52-47)51-42-20-10-8-18-36(42)39-27-33-16-6-7-17-34(33)28-44(39)51/h1-29H. The molecular weight excluding hydrogens is 635 g/mol. The van der Waals surface area contributed by atoms with Crippen LogP contribution in [0.15, 0.2) is 180 Å². The van der Waals surface area contributed by atoms with Gasteiger partial charge >= 0.3 is 0 Å². The molecule has 11 aromatic rings. The van der Waals surface area contributed by atoms with Gasteiger partial charge in [0.1, 0.15) is 5.58 Å². The largest absolute Gasteiger partial charge is 0.454 e. The van der Waals surface area contributed by atoms with Gasteiger partial charge < -0.3 is 8.98 Å². The zero-order valence-electron chi connectivity index (χ0n) is 28.0. The maximum absolute atomic E-state index is 6.87. The monoisotopic (exact) mass is 663 g/mol. The van der Waals surface area contributed by atoms with Gasteiger partial charge in [-0.05, 0) is 70.1 Å². The molecule has 0 fully saturated rings. The van der Waals surface area contributed by atoms with Crippen LogP contribution in [0.1, 0.15) is 0 Å². The van der Waals surface area contributed by atoms with Crippen molar-refractivity contribution in [1.82, 2.24) is 14.5 Å². The van der Waals surface area contributed by atoms with Gasteiger partial charge in [0.05, 0.1) is 28.1 Å². The first-order chi connectivity index (χ1) is 25.8. The van der Waals surface area contributed by atoms with Crippen LogP contribution >= 0.6 is 0 Å². The second-order valence-electron chi connectivity index (χ2n) is 13.4. The van der Waals surface area contributed by atoms with Crippen molar-refractivity contribution in [2.45, 2.75) is 0 Å². The first-order valence-electron chi connectivity index (χ1n) is 17.6. The Hall–Kier alpha value is -7.04. The SMILES string of the molecule is c1ccc(-c2nc(-c3ccc4ccccc4c3)cc(-c3ccc(-n4c5ccccc5c5cc6ccccc6cc54)c4oc5ccccc5c34)n2)cc1. The van der Waals surface area contributed by atoms with E-state index in [0.29, 0.717) is 5.82 Å². The van der Waals surface area contributed by atoms with E-state index < -0.39 is 0 Å². The fraction of sp³-hybridized carbons (Fsp3) is 0. The van der Waals surface area contributed by atoms with Crippen molar-refractivity contribution < 1.29 is 4.42 Å². The number of hydrogen-bond acceptors (Lipinski definition) is 3. The first-order valence-corrected chi connectivity index (χ1v) is 17.6. The molecule has 0 bridgehead atoms. The molecule has 0 aliphatic rings. The van der Waals surface area contributed by atoms with Gasteiger partial charge in [0, 0.05) is 38.2 Å². The number of nitrogens with zero attached hydrogens (tertiary/aromatic N) is 3. The van der Waals surface area contributed by atoms with Gasteiger partial charge in [-0.25, -0.2) is 9.97 Å². The van der Waals surface area contributed by atoms with Gasteiger partial charge in [-0.3, -0.25) is 0 Å². The summed E-state index contributed by atoms with van der Waals surface area (Å²) < 4.78 is 9.23. The summed E-state index contributed by atoms with van der Waals surface area (Å²) >= 11 is 0. The lowest BCUT2D eigenvalue weighted by atomic mass is 9.99. The van der Waals surface area contributed by atoms with Gasteiger partial charge in [-0.2, -0.15) is 0 Å². The van der Waals surface area contributed by atoms with Crippen LogP contribution in [0.5, 0.6) is 0 Å². The van der Waals surface area contributed by atoms with E-state index in [4.69, 9.17) is 14.4 Å². The van der Waals surface area contributed by atoms with Crippen molar-refractivity contribution in [1.29, 1.82) is 0 Å². The van der Waals surface area contributed by atoms with E-state index in [9.17, 15) is 0 Å². The summed E-state index contributed by atoms with van der Waals surface area (Å²) in [5, 5.41) is 9.30. The summed E-state index contributed by atoms with van der Waals surface area (Å²) in [4.78, 5) is 10.4.